The van der Waals surface area contributed by atoms with Crippen LogP contribution in [0.5, 0.6) is 0 Å². The van der Waals surface area contributed by atoms with Crippen molar-refractivity contribution in [2.45, 2.75) is 25.2 Å². The second kappa shape index (κ2) is 4.73. The van der Waals surface area contributed by atoms with Gasteiger partial charge in [-0.15, -0.1) is 0 Å². The van der Waals surface area contributed by atoms with Crippen LogP contribution in [-0.4, -0.2) is 48.8 Å². The van der Waals surface area contributed by atoms with Crippen LogP contribution in [0, 0.1) is 0 Å². The Morgan fingerprint density at radius 1 is 1.67 bits per heavy atom. The Bertz CT molecular complexity index is 342. The van der Waals surface area contributed by atoms with Crippen molar-refractivity contribution in [3.63, 3.8) is 0 Å². The molecule has 7 heteroatoms. The maximum Gasteiger partial charge on any atom is 0.223 e. The summed E-state index contributed by atoms with van der Waals surface area (Å²) in [7, 11) is -3.41. The maximum atomic E-state index is 12.0. The number of sulfonamides is 1. The van der Waals surface area contributed by atoms with E-state index in [0.29, 0.717) is 19.7 Å². The van der Waals surface area contributed by atoms with Gasteiger partial charge in [0, 0.05) is 13.1 Å². The van der Waals surface area contributed by atoms with Gasteiger partial charge in [-0.2, -0.15) is 4.31 Å². The second-order valence-corrected chi connectivity index (χ2v) is 6.35. The normalized spacial score (nSPS) is 26.1. The van der Waals surface area contributed by atoms with Crippen molar-refractivity contribution in [3.8, 4) is 0 Å². The summed E-state index contributed by atoms with van der Waals surface area (Å²) in [6.07, 6.45) is -0.0768. The van der Waals surface area contributed by atoms with Gasteiger partial charge in [0.1, 0.15) is 5.25 Å². The number of nitrogens with two attached hydrogens (primary N) is 1. The number of rotatable bonds is 3. The molecule has 0 radical (unpaired) electrons. The van der Waals surface area contributed by atoms with Crippen LogP contribution in [0.4, 0.5) is 0 Å². The number of hydrogen-bond acceptors (Lipinski definition) is 4. The number of nitrogens with zero attached hydrogens (tertiary/aromatic N) is 1. The lowest BCUT2D eigenvalue weighted by molar-refractivity contribution is 0.0101. The Labute approximate surface area is 95.6 Å². The first-order valence-corrected chi connectivity index (χ1v) is 6.66. The van der Waals surface area contributed by atoms with Gasteiger partial charge in [-0.1, -0.05) is 12.2 Å². The van der Waals surface area contributed by atoms with E-state index in [9.17, 15) is 8.42 Å². The van der Waals surface area contributed by atoms with Crippen LogP contribution in [-0.2, 0) is 14.8 Å². The molecule has 0 aliphatic carbocycles. The van der Waals surface area contributed by atoms with E-state index in [-0.39, 0.29) is 11.1 Å². The Morgan fingerprint density at radius 2 is 2.27 bits per heavy atom. The molecule has 0 spiro atoms. The number of thiocarbonyl (C=S) groups is 1. The fourth-order valence-electron chi connectivity index (χ4n) is 1.39. The van der Waals surface area contributed by atoms with Crippen LogP contribution in [0.1, 0.15) is 13.8 Å². The summed E-state index contributed by atoms with van der Waals surface area (Å²) in [5.74, 6) is 0. The third-order valence-corrected chi connectivity index (χ3v) is 5.11. The standard InChI is InChI=1S/C8H16N2O3S2/c1-6-5-10(3-4-13-6)15(11,12)7(2)8(9)14/h6-7H,3-5H2,1-2H3,(H2,9,14). The van der Waals surface area contributed by atoms with Gasteiger partial charge in [0.2, 0.25) is 10.0 Å². The highest BCUT2D eigenvalue weighted by Crippen LogP contribution is 2.14. The minimum Gasteiger partial charge on any atom is -0.392 e. The van der Waals surface area contributed by atoms with Gasteiger partial charge in [0.25, 0.3) is 0 Å². The zero-order valence-corrected chi connectivity index (χ0v) is 10.5. The van der Waals surface area contributed by atoms with Crippen LogP contribution in [0.2, 0.25) is 0 Å². The Morgan fingerprint density at radius 3 is 2.73 bits per heavy atom. The monoisotopic (exact) mass is 252 g/mol. The van der Waals surface area contributed by atoms with Gasteiger partial charge in [0.05, 0.1) is 17.7 Å². The third kappa shape index (κ3) is 2.87. The average Bonchev–Trinajstić information content (AvgIpc) is 2.16. The molecular weight excluding hydrogens is 236 g/mol. The molecule has 0 aromatic rings. The molecule has 2 atom stereocenters. The van der Waals surface area contributed by atoms with Gasteiger partial charge in [-0.3, -0.25) is 0 Å². The molecule has 1 rings (SSSR count). The minimum atomic E-state index is -3.41. The Balaban J connectivity index is 2.81. The molecule has 1 heterocycles. The number of ether oxygens (including phenoxy) is 1. The predicted octanol–water partition coefficient (Wildman–Crippen LogP) is -0.288. The summed E-state index contributed by atoms with van der Waals surface area (Å²) in [4.78, 5) is 0.00847. The highest BCUT2D eigenvalue weighted by atomic mass is 32.2. The summed E-state index contributed by atoms with van der Waals surface area (Å²) < 4.78 is 30.6. The molecule has 0 bridgehead atoms. The third-order valence-electron chi connectivity index (χ3n) is 2.41. The largest absolute Gasteiger partial charge is 0.392 e. The molecule has 2 unspecified atom stereocenters. The van der Waals surface area contributed by atoms with Gasteiger partial charge in [0.15, 0.2) is 0 Å². The lowest BCUT2D eigenvalue weighted by Gasteiger charge is -2.32. The van der Waals surface area contributed by atoms with E-state index in [1.54, 1.807) is 0 Å². The van der Waals surface area contributed by atoms with E-state index in [0.717, 1.165) is 0 Å². The van der Waals surface area contributed by atoms with E-state index >= 15 is 0 Å². The zero-order chi connectivity index (χ0) is 11.6. The predicted molar refractivity (Wildman–Crippen MR) is 62.2 cm³/mol. The van der Waals surface area contributed by atoms with E-state index in [2.05, 4.69) is 0 Å². The highest BCUT2D eigenvalue weighted by molar-refractivity contribution is 7.92. The fourth-order valence-corrected chi connectivity index (χ4v) is 3.24. The molecule has 0 amide bonds. The molecule has 1 saturated heterocycles. The SMILES string of the molecule is CC1CN(S(=O)(=O)C(C)C(N)=S)CCO1. The van der Waals surface area contributed by atoms with E-state index in [1.807, 2.05) is 6.92 Å². The minimum absolute atomic E-state index is 0.00847. The van der Waals surface area contributed by atoms with Gasteiger partial charge >= 0.3 is 0 Å². The van der Waals surface area contributed by atoms with Crippen LogP contribution in [0.25, 0.3) is 0 Å². The van der Waals surface area contributed by atoms with Crippen molar-refractivity contribution < 1.29 is 13.2 Å². The van der Waals surface area contributed by atoms with Crippen LogP contribution >= 0.6 is 12.2 Å². The topological polar surface area (TPSA) is 72.6 Å². The quantitative estimate of drug-likeness (QED) is 0.699. The lowest BCUT2D eigenvalue weighted by Crippen LogP contribution is -2.49. The molecule has 0 aromatic heterocycles. The molecule has 2 N–H and O–H groups in total. The van der Waals surface area contributed by atoms with Gasteiger partial charge in [-0.25, -0.2) is 8.42 Å². The van der Waals surface area contributed by atoms with Crippen molar-refractivity contribution in [2.24, 2.45) is 5.73 Å². The molecule has 1 fully saturated rings. The molecule has 1 aliphatic heterocycles. The molecule has 5 nitrogen and oxygen atoms in total. The first-order chi connectivity index (χ1) is 6.85. The average molecular weight is 252 g/mol. The van der Waals surface area contributed by atoms with Crippen molar-refractivity contribution in [1.29, 1.82) is 0 Å². The van der Waals surface area contributed by atoms with Gasteiger partial charge < -0.3 is 10.5 Å². The summed E-state index contributed by atoms with van der Waals surface area (Å²) in [5, 5.41) is -0.808. The first-order valence-electron chi connectivity index (χ1n) is 4.75. The Kier molecular flexibility index (Phi) is 4.05. The van der Waals surface area contributed by atoms with E-state index < -0.39 is 15.3 Å². The smallest absolute Gasteiger partial charge is 0.223 e. The Hall–Kier alpha value is -0.240. The number of hydrogen-bond donors (Lipinski definition) is 1. The van der Waals surface area contributed by atoms with E-state index in [1.165, 1.54) is 11.2 Å². The van der Waals surface area contributed by atoms with Crippen LogP contribution < -0.4 is 5.73 Å². The second-order valence-electron chi connectivity index (χ2n) is 3.63. The maximum absolute atomic E-state index is 12.0. The molecule has 15 heavy (non-hydrogen) atoms. The summed E-state index contributed by atoms with van der Waals surface area (Å²) in [6.45, 7) is 4.52. The van der Waals surface area contributed by atoms with Crippen LogP contribution in [0.15, 0.2) is 0 Å². The van der Waals surface area contributed by atoms with E-state index in [4.69, 9.17) is 22.7 Å². The van der Waals surface area contributed by atoms with Gasteiger partial charge in [-0.05, 0) is 13.8 Å². The molecule has 0 saturated carbocycles. The van der Waals surface area contributed by atoms with Crippen molar-refractivity contribution in [2.75, 3.05) is 19.7 Å². The van der Waals surface area contributed by atoms with Crippen molar-refractivity contribution in [1.82, 2.24) is 4.31 Å². The summed E-state index contributed by atoms with van der Waals surface area (Å²) >= 11 is 4.71. The summed E-state index contributed by atoms with van der Waals surface area (Å²) in [5.41, 5.74) is 5.36. The molecular formula is C8H16N2O3S2. The fraction of sp³-hybridized carbons (Fsp3) is 0.875. The van der Waals surface area contributed by atoms with Crippen molar-refractivity contribution >= 4 is 27.2 Å². The lowest BCUT2D eigenvalue weighted by atomic mass is 10.3. The van der Waals surface area contributed by atoms with Crippen molar-refractivity contribution in [3.05, 3.63) is 0 Å². The number of morpholine rings is 1. The molecule has 1 aliphatic rings. The van der Waals surface area contributed by atoms with Crippen LogP contribution in [0.3, 0.4) is 0 Å². The summed E-state index contributed by atoms with van der Waals surface area (Å²) in [6, 6.07) is 0. The molecule has 0 aromatic carbocycles. The zero-order valence-electron chi connectivity index (χ0n) is 8.84. The molecule has 88 valence electrons. The highest BCUT2D eigenvalue weighted by Gasteiger charge is 2.33. The first kappa shape index (κ1) is 12.8.